The highest BCUT2D eigenvalue weighted by Gasteiger charge is 2.20. The molecule has 5 heteroatoms. The molecular formula is C14H21N3O2. The summed E-state index contributed by atoms with van der Waals surface area (Å²) < 4.78 is 4.93. The molecule has 1 aromatic rings. The number of anilines is 1. The van der Waals surface area contributed by atoms with Crippen molar-refractivity contribution >= 4 is 11.8 Å². The number of hydrogen-bond acceptors (Lipinski definition) is 5. The monoisotopic (exact) mass is 263 g/mol. The average molecular weight is 263 g/mol. The van der Waals surface area contributed by atoms with Crippen molar-refractivity contribution < 1.29 is 9.53 Å². The van der Waals surface area contributed by atoms with Gasteiger partial charge < -0.3 is 15.4 Å². The molecule has 2 rings (SSSR count). The predicted molar refractivity (Wildman–Crippen MR) is 74.3 cm³/mol. The van der Waals surface area contributed by atoms with Gasteiger partial charge in [0.1, 0.15) is 5.82 Å². The van der Waals surface area contributed by atoms with Crippen LogP contribution in [0.3, 0.4) is 0 Å². The summed E-state index contributed by atoms with van der Waals surface area (Å²) in [4.78, 5) is 15.8. The lowest BCUT2D eigenvalue weighted by Gasteiger charge is -2.31. The maximum atomic E-state index is 11.5. The van der Waals surface area contributed by atoms with Crippen molar-refractivity contribution in [2.75, 3.05) is 18.5 Å². The molecule has 0 bridgehead atoms. The number of nitrogens with one attached hydrogen (secondary N) is 2. The minimum absolute atomic E-state index is 0.325. The van der Waals surface area contributed by atoms with Crippen molar-refractivity contribution in [3.63, 3.8) is 0 Å². The third kappa shape index (κ3) is 3.67. The van der Waals surface area contributed by atoms with Gasteiger partial charge in [0, 0.05) is 18.3 Å². The fourth-order valence-corrected chi connectivity index (χ4v) is 2.25. The van der Waals surface area contributed by atoms with Crippen LogP contribution in [-0.2, 0) is 4.74 Å². The summed E-state index contributed by atoms with van der Waals surface area (Å²) in [6.45, 7) is 5.42. The van der Waals surface area contributed by atoms with Gasteiger partial charge in [-0.15, -0.1) is 0 Å². The Hall–Kier alpha value is -1.62. The first kappa shape index (κ1) is 13.8. The number of hydrogen-bond donors (Lipinski definition) is 2. The second kappa shape index (κ2) is 6.52. The van der Waals surface area contributed by atoms with Crippen LogP contribution in [0.1, 0.15) is 37.0 Å². The van der Waals surface area contributed by atoms with Gasteiger partial charge in [-0.2, -0.15) is 0 Å². The van der Waals surface area contributed by atoms with Crippen LogP contribution in [0.2, 0.25) is 0 Å². The Balaban J connectivity index is 1.96. The lowest BCUT2D eigenvalue weighted by Crippen LogP contribution is -2.46. The zero-order valence-electron chi connectivity index (χ0n) is 11.5. The van der Waals surface area contributed by atoms with Gasteiger partial charge in [-0.1, -0.05) is 0 Å². The van der Waals surface area contributed by atoms with Crippen LogP contribution in [0, 0.1) is 0 Å². The van der Waals surface area contributed by atoms with Crippen LogP contribution in [0.5, 0.6) is 0 Å². The van der Waals surface area contributed by atoms with Gasteiger partial charge in [-0.25, -0.2) is 9.78 Å². The summed E-state index contributed by atoms with van der Waals surface area (Å²) in [5.74, 6) is 0.475. The van der Waals surface area contributed by atoms with Crippen LogP contribution < -0.4 is 10.6 Å². The van der Waals surface area contributed by atoms with Gasteiger partial charge in [0.15, 0.2) is 0 Å². The smallest absolute Gasteiger partial charge is 0.339 e. The van der Waals surface area contributed by atoms with Crippen LogP contribution in [0.4, 0.5) is 5.82 Å². The van der Waals surface area contributed by atoms with Gasteiger partial charge in [0.25, 0.3) is 0 Å². The van der Waals surface area contributed by atoms with Gasteiger partial charge in [0.05, 0.1) is 12.2 Å². The van der Waals surface area contributed by atoms with Crippen molar-refractivity contribution in [2.45, 2.75) is 38.8 Å². The second-order valence-electron chi connectivity index (χ2n) is 4.79. The maximum absolute atomic E-state index is 11.5. The number of ether oxygens (including phenoxy) is 1. The van der Waals surface area contributed by atoms with E-state index in [0.29, 0.717) is 24.3 Å². The van der Waals surface area contributed by atoms with E-state index < -0.39 is 0 Å². The van der Waals surface area contributed by atoms with Gasteiger partial charge in [-0.3, -0.25) is 0 Å². The van der Waals surface area contributed by atoms with Gasteiger partial charge in [-0.05, 0) is 45.4 Å². The number of carbonyl (C=O) groups excluding carboxylic acids is 1. The van der Waals surface area contributed by atoms with E-state index in [2.05, 4.69) is 22.5 Å². The number of esters is 1. The molecule has 0 amide bonds. The molecule has 0 aromatic carbocycles. The van der Waals surface area contributed by atoms with Crippen molar-refractivity contribution in [1.29, 1.82) is 0 Å². The molecule has 19 heavy (non-hydrogen) atoms. The third-order valence-electron chi connectivity index (χ3n) is 3.37. The normalized spacial score (nSPS) is 22.8. The Bertz CT molecular complexity index is 419. The summed E-state index contributed by atoms with van der Waals surface area (Å²) in [5, 5.41) is 6.84. The van der Waals surface area contributed by atoms with E-state index in [1.54, 1.807) is 19.2 Å². The van der Waals surface area contributed by atoms with Crippen LogP contribution >= 0.6 is 0 Å². The molecular weight excluding hydrogens is 242 g/mol. The number of carbonyl (C=O) groups is 1. The van der Waals surface area contributed by atoms with E-state index in [4.69, 9.17) is 4.74 Å². The van der Waals surface area contributed by atoms with Crippen molar-refractivity contribution in [2.24, 2.45) is 0 Å². The molecule has 104 valence electrons. The van der Waals surface area contributed by atoms with Crippen LogP contribution in [0.15, 0.2) is 18.3 Å². The zero-order chi connectivity index (χ0) is 13.7. The Morgan fingerprint density at radius 3 is 3.05 bits per heavy atom. The molecule has 5 nitrogen and oxygen atoms in total. The maximum Gasteiger partial charge on any atom is 0.339 e. The lowest BCUT2D eigenvalue weighted by molar-refractivity contribution is 0.0526. The summed E-state index contributed by atoms with van der Waals surface area (Å²) in [6, 6.07) is 4.39. The summed E-state index contributed by atoms with van der Waals surface area (Å²) in [5.41, 5.74) is 0.488. The highest BCUT2D eigenvalue weighted by atomic mass is 16.5. The summed E-state index contributed by atoms with van der Waals surface area (Å²) in [6.07, 6.45) is 3.86. The Kier molecular flexibility index (Phi) is 4.74. The van der Waals surface area contributed by atoms with E-state index in [-0.39, 0.29) is 5.97 Å². The first-order chi connectivity index (χ1) is 9.20. The molecule has 1 aliphatic rings. The first-order valence-electron chi connectivity index (χ1n) is 6.84. The average Bonchev–Trinajstić information content (AvgIpc) is 2.42. The van der Waals surface area contributed by atoms with Crippen molar-refractivity contribution in [3.05, 3.63) is 23.9 Å². The largest absolute Gasteiger partial charge is 0.462 e. The molecule has 1 saturated heterocycles. The molecule has 1 fully saturated rings. The highest BCUT2D eigenvalue weighted by molar-refractivity contribution is 5.89. The molecule has 2 unspecified atom stereocenters. The topological polar surface area (TPSA) is 63.2 Å². The summed E-state index contributed by atoms with van der Waals surface area (Å²) in [7, 11) is 0. The highest BCUT2D eigenvalue weighted by Crippen LogP contribution is 2.14. The number of rotatable bonds is 4. The summed E-state index contributed by atoms with van der Waals surface area (Å²) >= 11 is 0. The Labute approximate surface area is 113 Å². The molecule has 2 N–H and O–H groups in total. The van der Waals surface area contributed by atoms with Gasteiger partial charge in [0.2, 0.25) is 0 Å². The molecule has 0 radical (unpaired) electrons. The lowest BCUT2D eigenvalue weighted by atomic mass is 10.00. The molecule has 1 aromatic heterocycles. The van der Waals surface area contributed by atoms with E-state index in [0.717, 1.165) is 18.8 Å². The second-order valence-corrected chi connectivity index (χ2v) is 4.79. The fourth-order valence-electron chi connectivity index (χ4n) is 2.25. The predicted octanol–water partition coefficient (Wildman–Crippen LogP) is 1.81. The Morgan fingerprint density at radius 1 is 1.58 bits per heavy atom. The number of pyridine rings is 1. The molecule has 0 saturated carbocycles. The number of aromatic nitrogens is 1. The molecule has 0 aliphatic carbocycles. The van der Waals surface area contributed by atoms with E-state index in [9.17, 15) is 4.79 Å². The molecule has 2 atom stereocenters. The van der Waals surface area contributed by atoms with E-state index >= 15 is 0 Å². The zero-order valence-corrected chi connectivity index (χ0v) is 11.5. The van der Waals surface area contributed by atoms with Crippen molar-refractivity contribution in [3.8, 4) is 0 Å². The standard InChI is InChI=1S/C14H21N3O2/c1-3-19-14(18)11-6-7-13(16-9-11)17-12-5-4-8-15-10(12)2/h6-7,9-10,12,15H,3-5,8H2,1-2H3,(H,16,17). The van der Waals surface area contributed by atoms with Gasteiger partial charge >= 0.3 is 5.97 Å². The van der Waals surface area contributed by atoms with Crippen molar-refractivity contribution in [1.82, 2.24) is 10.3 Å². The quantitative estimate of drug-likeness (QED) is 0.811. The molecule has 2 heterocycles. The number of nitrogens with zero attached hydrogens (tertiary/aromatic N) is 1. The number of piperidine rings is 1. The van der Waals surface area contributed by atoms with Crippen LogP contribution in [0.25, 0.3) is 0 Å². The SMILES string of the molecule is CCOC(=O)c1ccc(NC2CCCNC2C)nc1. The minimum Gasteiger partial charge on any atom is -0.462 e. The molecule has 0 spiro atoms. The minimum atomic E-state index is -0.325. The third-order valence-corrected chi connectivity index (χ3v) is 3.37. The molecule has 1 aliphatic heterocycles. The first-order valence-corrected chi connectivity index (χ1v) is 6.84. The Morgan fingerprint density at radius 2 is 2.42 bits per heavy atom. The van der Waals surface area contributed by atoms with E-state index in [1.807, 2.05) is 6.07 Å². The fraction of sp³-hybridized carbons (Fsp3) is 0.571. The van der Waals surface area contributed by atoms with E-state index in [1.165, 1.54) is 6.42 Å². The van der Waals surface area contributed by atoms with Crippen LogP contribution in [-0.4, -0.2) is 36.2 Å².